The Bertz CT molecular complexity index is 1040. The molecular formula is C23H34Cl2N4O2S. The normalized spacial score (nSPS) is 16.2. The second-order valence-corrected chi connectivity index (χ2v) is 10.5. The van der Waals surface area contributed by atoms with Gasteiger partial charge in [-0.25, -0.2) is 4.98 Å². The van der Waals surface area contributed by atoms with Crippen molar-refractivity contribution in [3.05, 3.63) is 34.8 Å². The Balaban J connectivity index is 0.00000181. The van der Waals surface area contributed by atoms with Crippen LogP contribution in [0.3, 0.4) is 0 Å². The van der Waals surface area contributed by atoms with Crippen molar-refractivity contribution < 1.29 is 9.53 Å². The van der Waals surface area contributed by atoms with Crippen molar-refractivity contribution in [2.45, 2.75) is 52.7 Å². The van der Waals surface area contributed by atoms with E-state index in [0.29, 0.717) is 6.10 Å². The van der Waals surface area contributed by atoms with Gasteiger partial charge in [0.1, 0.15) is 4.88 Å². The van der Waals surface area contributed by atoms with Crippen LogP contribution in [-0.4, -0.2) is 53.0 Å². The Morgan fingerprint density at radius 3 is 2.81 bits per heavy atom. The highest BCUT2D eigenvalue weighted by Crippen LogP contribution is 2.26. The van der Waals surface area contributed by atoms with E-state index in [-0.39, 0.29) is 36.1 Å². The summed E-state index contributed by atoms with van der Waals surface area (Å²) in [5, 5.41) is 3.51. The molecule has 178 valence electrons. The quantitative estimate of drug-likeness (QED) is 0.454. The first-order valence-corrected chi connectivity index (χ1v) is 11.6. The van der Waals surface area contributed by atoms with Crippen molar-refractivity contribution in [3.63, 3.8) is 0 Å². The van der Waals surface area contributed by atoms with Gasteiger partial charge in [0.25, 0.3) is 5.91 Å². The fourth-order valence-corrected chi connectivity index (χ4v) is 5.10. The Labute approximate surface area is 206 Å². The average molecular weight is 502 g/mol. The molecule has 3 heterocycles. The molecule has 1 saturated heterocycles. The summed E-state index contributed by atoms with van der Waals surface area (Å²) in [7, 11) is 1.87. The molecule has 0 radical (unpaired) electrons. The van der Waals surface area contributed by atoms with Crippen molar-refractivity contribution in [2.24, 2.45) is 5.41 Å². The Hall–Kier alpha value is -1.38. The largest absolute Gasteiger partial charge is 0.378 e. The molecule has 1 atom stereocenters. The summed E-state index contributed by atoms with van der Waals surface area (Å²) in [6.45, 7) is 9.85. The molecule has 9 heteroatoms. The number of carbonyl (C=O) groups excluding carboxylic acids is 1. The van der Waals surface area contributed by atoms with Gasteiger partial charge in [-0.15, -0.1) is 24.8 Å². The molecule has 4 rings (SSSR count). The lowest BCUT2D eigenvalue weighted by molar-refractivity contribution is 0.0750. The van der Waals surface area contributed by atoms with Gasteiger partial charge < -0.3 is 15.0 Å². The summed E-state index contributed by atoms with van der Waals surface area (Å²) in [5.41, 5.74) is 3.31. The van der Waals surface area contributed by atoms with Gasteiger partial charge >= 0.3 is 0 Å². The number of imidazole rings is 1. The number of hydrogen-bond acceptors (Lipinski definition) is 5. The van der Waals surface area contributed by atoms with Crippen LogP contribution >= 0.6 is 36.2 Å². The predicted octanol–water partition coefficient (Wildman–Crippen LogP) is 5.17. The molecule has 1 aromatic carbocycles. The first kappa shape index (κ1) is 26.9. The number of aromatic nitrogens is 2. The van der Waals surface area contributed by atoms with Crippen LogP contribution in [0.5, 0.6) is 0 Å². The molecule has 3 aromatic rings. The Morgan fingerprint density at radius 1 is 1.34 bits per heavy atom. The summed E-state index contributed by atoms with van der Waals surface area (Å²) in [6.07, 6.45) is 5.81. The van der Waals surface area contributed by atoms with E-state index in [1.807, 2.05) is 17.6 Å². The fraction of sp³-hybridized carbons (Fsp3) is 0.565. The third kappa shape index (κ3) is 6.35. The molecule has 1 aliphatic rings. The highest BCUT2D eigenvalue weighted by Gasteiger charge is 2.21. The lowest BCUT2D eigenvalue weighted by atomic mass is 9.96. The predicted molar refractivity (Wildman–Crippen MR) is 137 cm³/mol. The molecule has 1 amide bonds. The smallest absolute Gasteiger partial charge is 0.265 e. The number of halogens is 2. The van der Waals surface area contributed by atoms with Crippen molar-refractivity contribution in [2.75, 3.05) is 26.7 Å². The van der Waals surface area contributed by atoms with Crippen LogP contribution in [0.4, 0.5) is 0 Å². The molecular weight excluding hydrogens is 467 g/mol. The molecule has 2 aromatic heterocycles. The van der Waals surface area contributed by atoms with Gasteiger partial charge in [0.15, 0.2) is 4.96 Å². The molecule has 6 nitrogen and oxygen atoms in total. The zero-order valence-corrected chi connectivity index (χ0v) is 21.7. The van der Waals surface area contributed by atoms with Gasteiger partial charge in [0, 0.05) is 32.9 Å². The second kappa shape index (κ2) is 11.2. The SMILES string of the molecule is CN(CC(C)(C)C)C(=O)c1cn2c(nc3cc(CNCCC4CCCO4)ccc32)s1.Cl.Cl. The molecule has 0 spiro atoms. The van der Waals surface area contributed by atoms with E-state index in [2.05, 4.69) is 44.3 Å². The minimum Gasteiger partial charge on any atom is -0.378 e. The maximum Gasteiger partial charge on any atom is 0.265 e. The van der Waals surface area contributed by atoms with Gasteiger partial charge in [0.05, 0.1) is 17.1 Å². The highest BCUT2D eigenvalue weighted by molar-refractivity contribution is 7.18. The number of amides is 1. The molecule has 0 aliphatic carbocycles. The number of carbonyl (C=O) groups is 1. The summed E-state index contributed by atoms with van der Waals surface area (Å²) in [5.74, 6) is 0.0561. The highest BCUT2D eigenvalue weighted by atomic mass is 35.5. The van der Waals surface area contributed by atoms with Crippen LogP contribution in [0.1, 0.15) is 55.3 Å². The third-order valence-corrected chi connectivity index (χ3v) is 6.40. The first-order chi connectivity index (χ1) is 14.3. The van der Waals surface area contributed by atoms with Crippen LogP contribution in [0.25, 0.3) is 16.0 Å². The number of ether oxygens (including phenoxy) is 1. The summed E-state index contributed by atoms with van der Waals surface area (Å²) in [6, 6.07) is 6.38. The third-order valence-electron chi connectivity index (χ3n) is 5.43. The summed E-state index contributed by atoms with van der Waals surface area (Å²) >= 11 is 1.46. The molecule has 0 saturated carbocycles. The lowest BCUT2D eigenvalue weighted by Gasteiger charge is -2.26. The number of nitrogens with zero attached hydrogens (tertiary/aromatic N) is 3. The molecule has 1 unspecified atom stereocenters. The number of hydrogen-bond donors (Lipinski definition) is 1. The second-order valence-electron chi connectivity index (χ2n) is 9.51. The molecule has 1 fully saturated rings. The first-order valence-electron chi connectivity index (χ1n) is 10.8. The van der Waals surface area contributed by atoms with E-state index in [0.717, 1.165) is 53.5 Å². The van der Waals surface area contributed by atoms with Crippen LogP contribution < -0.4 is 5.32 Å². The number of rotatable bonds is 7. The van der Waals surface area contributed by atoms with Crippen molar-refractivity contribution >= 4 is 58.1 Å². The zero-order valence-electron chi connectivity index (χ0n) is 19.2. The van der Waals surface area contributed by atoms with Gasteiger partial charge in [0.2, 0.25) is 0 Å². The monoisotopic (exact) mass is 500 g/mol. The number of thiazole rings is 1. The molecule has 1 aliphatic heterocycles. The Morgan fingerprint density at radius 2 is 2.12 bits per heavy atom. The minimum absolute atomic E-state index is 0. The molecule has 1 N–H and O–H groups in total. The van der Waals surface area contributed by atoms with Gasteiger partial charge in [-0.1, -0.05) is 38.2 Å². The van der Waals surface area contributed by atoms with E-state index >= 15 is 0 Å². The van der Waals surface area contributed by atoms with Crippen molar-refractivity contribution in [1.29, 1.82) is 0 Å². The van der Waals surface area contributed by atoms with Crippen LogP contribution in [0.15, 0.2) is 24.4 Å². The lowest BCUT2D eigenvalue weighted by Crippen LogP contribution is -2.34. The fourth-order valence-electron chi connectivity index (χ4n) is 4.11. The van der Waals surface area contributed by atoms with Gasteiger partial charge in [-0.05, 0) is 48.9 Å². The summed E-state index contributed by atoms with van der Waals surface area (Å²) < 4.78 is 7.71. The van der Waals surface area contributed by atoms with E-state index in [1.165, 1.54) is 29.7 Å². The molecule has 0 bridgehead atoms. The minimum atomic E-state index is 0. The number of benzene rings is 1. The van der Waals surface area contributed by atoms with Gasteiger partial charge in [-0.3, -0.25) is 9.20 Å². The summed E-state index contributed by atoms with van der Waals surface area (Å²) in [4.78, 5) is 21.0. The standard InChI is InChI=1S/C23H32N4O2S.2ClH/c1-23(2,3)15-26(4)21(28)20-14-27-19-8-7-16(12-18(19)25-22(27)30-20)13-24-10-9-17-6-5-11-29-17;;/h7-8,12,14,17,24H,5-6,9-11,13,15H2,1-4H3;2*1H. The van der Waals surface area contributed by atoms with Gasteiger partial charge in [-0.2, -0.15) is 0 Å². The van der Waals surface area contributed by atoms with E-state index in [1.54, 1.807) is 4.90 Å². The molecule has 32 heavy (non-hydrogen) atoms. The number of nitrogens with one attached hydrogen (secondary N) is 1. The van der Waals surface area contributed by atoms with E-state index < -0.39 is 0 Å². The van der Waals surface area contributed by atoms with E-state index in [9.17, 15) is 4.79 Å². The van der Waals surface area contributed by atoms with Crippen LogP contribution in [0, 0.1) is 5.41 Å². The number of fused-ring (bicyclic) bond motifs is 3. The topological polar surface area (TPSA) is 58.9 Å². The van der Waals surface area contributed by atoms with Crippen molar-refractivity contribution in [3.8, 4) is 0 Å². The van der Waals surface area contributed by atoms with Crippen molar-refractivity contribution in [1.82, 2.24) is 19.6 Å². The maximum atomic E-state index is 12.8. The van der Waals surface area contributed by atoms with Crippen LogP contribution in [0.2, 0.25) is 0 Å². The Kier molecular flexibility index (Phi) is 9.37. The van der Waals surface area contributed by atoms with E-state index in [4.69, 9.17) is 9.72 Å². The average Bonchev–Trinajstić information content (AvgIpc) is 3.39. The van der Waals surface area contributed by atoms with Crippen LogP contribution in [-0.2, 0) is 11.3 Å². The zero-order chi connectivity index (χ0) is 21.3. The maximum absolute atomic E-state index is 12.8.